The van der Waals surface area contributed by atoms with E-state index in [0.29, 0.717) is 12.1 Å². The van der Waals surface area contributed by atoms with Gasteiger partial charge in [-0.2, -0.15) is 17.6 Å². The van der Waals surface area contributed by atoms with E-state index in [1.54, 1.807) is 0 Å². The molecule has 150 valence electrons. The first-order chi connectivity index (χ1) is 13.0. The molecule has 0 unspecified atom stereocenters. The Bertz CT molecular complexity index is 887. The number of anilines is 1. The van der Waals surface area contributed by atoms with Crippen LogP contribution < -0.4 is 15.4 Å². The molecule has 0 heterocycles. The normalized spacial score (nSPS) is 11.3. The lowest BCUT2D eigenvalue weighted by atomic mass is 10.2. The minimum absolute atomic E-state index is 0.0337. The second kappa shape index (κ2) is 8.38. The van der Waals surface area contributed by atoms with Gasteiger partial charge in [0.2, 0.25) is 0 Å². The third-order valence-electron chi connectivity index (χ3n) is 3.09. The van der Waals surface area contributed by atoms with E-state index in [1.165, 1.54) is 24.3 Å². The van der Waals surface area contributed by atoms with Gasteiger partial charge >= 0.3 is 18.6 Å². The van der Waals surface area contributed by atoms with Crippen molar-refractivity contribution in [3.63, 3.8) is 0 Å². The Morgan fingerprint density at radius 1 is 1.07 bits per heavy atom. The van der Waals surface area contributed by atoms with Crippen LogP contribution in [-0.4, -0.2) is 24.5 Å². The molecule has 5 nitrogen and oxygen atoms in total. The summed E-state index contributed by atoms with van der Waals surface area (Å²) in [4.78, 5) is 23.6. The van der Waals surface area contributed by atoms with Gasteiger partial charge in [0.05, 0.1) is 10.6 Å². The molecule has 0 bridgehead atoms. The SMILES string of the molecule is O=C(NC(=O)c1ccccc1Cl)Nc1cc(F)c(OC(F)(F)C(F)F)c(F)c1. The summed E-state index contributed by atoms with van der Waals surface area (Å²) >= 11 is 5.78. The Morgan fingerprint density at radius 3 is 2.18 bits per heavy atom. The van der Waals surface area contributed by atoms with E-state index in [4.69, 9.17) is 11.6 Å². The molecule has 0 aliphatic carbocycles. The first-order valence-corrected chi connectivity index (χ1v) is 7.60. The first kappa shape index (κ1) is 21.4. The Labute approximate surface area is 158 Å². The fourth-order valence-corrected chi connectivity index (χ4v) is 2.11. The van der Waals surface area contributed by atoms with Crippen LogP contribution >= 0.6 is 11.6 Å². The van der Waals surface area contributed by atoms with E-state index in [-0.39, 0.29) is 10.6 Å². The van der Waals surface area contributed by atoms with Gasteiger partial charge in [0.25, 0.3) is 5.91 Å². The van der Waals surface area contributed by atoms with E-state index in [1.807, 2.05) is 10.6 Å². The number of ether oxygens (including phenoxy) is 1. The largest absolute Gasteiger partial charge is 0.461 e. The number of hydrogen-bond donors (Lipinski definition) is 2. The third-order valence-corrected chi connectivity index (χ3v) is 3.42. The van der Waals surface area contributed by atoms with Crippen molar-refractivity contribution in [3.05, 3.63) is 58.6 Å². The van der Waals surface area contributed by atoms with Crippen LogP contribution in [0.25, 0.3) is 0 Å². The van der Waals surface area contributed by atoms with Gasteiger partial charge in [0, 0.05) is 17.8 Å². The summed E-state index contributed by atoms with van der Waals surface area (Å²) in [7, 11) is 0. The van der Waals surface area contributed by atoms with Crippen LogP contribution in [0.15, 0.2) is 36.4 Å². The zero-order chi connectivity index (χ0) is 21.1. The highest BCUT2D eigenvalue weighted by molar-refractivity contribution is 6.34. The fraction of sp³-hybridized carbons (Fsp3) is 0.125. The lowest BCUT2D eigenvalue weighted by Gasteiger charge is -2.18. The Hall–Kier alpha value is -2.95. The number of nitrogens with one attached hydrogen (secondary N) is 2. The van der Waals surface area contributed by atoms with Gasteiger partial charge in [-0.25, -0.2) is 13.6 Å². The van der Waals surface area contributed by atoms with E-state index < -0.39 is 47.5 Å². The van der Waals surface area contributed by atoms with E-state index in [2.05, 4.69) is 4.74 Å². The van der Waals surface area contributed by atoms with Crippen LogP contribution in [0.2, 0.25) is 5.02 Å². The third kappa shape index (κ3) is 5.06. The van der Waals surface area contributed by atoms with E-state index in [9.17, 15) is 35.9 Å². The summed E-state index contributed by atoms with van der Waals surface area (Å²) in [6.45, 7) is 0. The summed E-state index contributed by atoms with van der Waals surface area (Å²) in [6.07, 6.45) is -9.46. The molecule has 0 aromatic heterocycles. The summed E-state index contributed by atoms with van der Waals surface area (Å²) in [6, 6.07) is 5.13. The van der Waals surface area contributed by atoms with Gasteiger partial charge in [0.1, 0.15) is 0 Å². The second-order valence-electron chi connectivity index (χ2n) is 5.12. The monoisotopic (exact) mass is 426 g/mol. The molecule has 28 heavy (non-hydrogen) atoms. The summed E-state index contributed by atoms with van der Waals surface area (Å²) in [5.74, 6) is -6.26. The molecule has 0 saturated carbocycles. The lowest BCUT2D eigenvalue weighted by Crippen LogP contribution is -2.35. The topological polar surface area (TPSA) is 67.4 Å². The van der Waals surface area contributed by atoms with Crippen LogP contribution in [-0.2, 0) is 0 Å². The fourth-order valence-electron chi connectivity index (χ4n) is 1.89. The molecular weight excluding hydrogens is 418 g/mol. The number of carbonyl (C=O) groups is 2. The highest BCUT2D eigenvalue weighted by Crippen LogP contribution is 2.33. The summed E-state index contributed by atoms with van der Waals surface area (Å²) in [5.41, 5.74) is -0.665. The number of amides is 3. The van der Waals surface area contributed by atoms with Crippen molar-refractivity contribution in [2.24, 2.45) is 0 Å². The molecule has 2 rings (SSSR count). The molecule has 0 spiro atoms. The predicted molar refractivity (Wildman–Crippen MR) is 85.9 cm³/mol. The van der Waals surface area contributed by atoms with Crippen molar-refractivity contribution in [2.45, 2.75) is 12.5 Å². The Kier molecular flexibility index (Phi) is 6.39. The number of alkyl halides is 4. The van der Waals surface area contributed by atoms with Crippen molar-refractivity contribution in [3.8, 4) is 5.75 Å². The van der Waals surface area contributed by atoms with Gasteiger partial charge in [-0.3, -0.25) is 10.1 Å². The van der Waals surface area contributed by atoms with Gasteiger partial charge in [-0.15, -0.1) is 0 Å². The second-order valence-corrected chi connectivity index (χ2v) is 5.53. The number of urea groups is 1. The van der Waals surface area contributed by atoms with Crippen LogP contribution in [0.3, 0.4) is 0 Å². The molecule has 0 aliphatic rings. The minimum atomic E-state index is -5.13. The van der Waals surface area contributed by atoms with Gasteiger partial charge in [-0.05, 0) is 12.1 Å². The average molecular weight is 427 g/mol. The molecule has 2 N–H and O–H groups in total. The Morgan fingerprint density at radius 2 is 1.64 bits per heavy atom. The first-order valence-electron chi connectivity index (χ1n) is 7.22. The molecule has 0 aliphatic heterocycles. The van der Waals surface area contributed by atoms with Crippen molar-refractivity contribution < 1.29 is 40.7 Å². The molecule has 0 atom stereocenters. The molecule has 0 radical (unpaired) electrons. The summed E-state index contributed by atoms with van der Waals surface area (Å²) < 4.78 is 80.6. The number of halogens is 7. The molecule has 0 saturated heterocycles. The van der Waals surface area contributed by atoms with Crippen LogP contribution in [0, 0.1) is 11.6 Å². The molecule has 2 aromatic rings. The molecule has 3 amide bonds. The highest BCUT2D eigenvalue weighted by Gasteiger charge is 2.45. The van der Waals surface area contributed by atoms with Crippen LogP contribution in [0.5, 0.6) is 5.75 Å². The molecule has 12 heteroatoms. The maximum absolute atomic E-state index is 13.7. The molecular formula is C16H9ClF6N2O3. The van der Waals surface area contributed by atoms with Crippen LogP contribution in [0.4, 0.5) is 36.8 Å². The molecule has 0 fully saturated rings. The van der Waals surface area contributed by atoms with Gasteiger partial charge in [0.15, 0.2) is 17.4 Å². The highest BCUT2D eigenvalue weighted by atomic mass is 35.5. The smallest absolute Gasteiger partial charge is 0.422 e. The van der Waals surface area contributed by atoms with E-state index >= 15 is 0 Å². The number of hydrogen-bond acceptors (Lipinski definition) is 3. The van der Waals surface area contributed by atoms with Crippen molar-refractivity contribution >= 4 is 29.2 Å². The Balaban J connectivity index is 2.11. The quantitative estimate of drug-likeness (QED) is 0.674. The maximum Gasteiger partial charge on any atom is 0.461 e. The van der Waals surface area contributed by atoms with Crippen molar-refractivity contribution in [1.29, 1.82) is 0 Å². The maximum atomic E-state index is 13.7. The van der Waals surface area contributed by atoms with Crippen molar-refractivity contribution in [1.82, 2.24) is 5.32 Å². The van der Waals surface area contributed by atoms with Gasteiger partial charge in [-0.1, -0.05) is 23.7 Å². The van der Waals surface area contributed by atoms with Crippen molar-refractivity contribution in [2.75, 3.05) is 5.32 Å². The predicted octanol–water partition coefficient (Wildman–Crippen LogP) is 4.82. The van der Waals surface area contributed by atoms with Crippen LogP contribution in [0.1, 0.15) is 10.4 Å². The zero-order valence-electron chi connectivity index (χ0n) is 13.4. The molecule has 2 aromatic carbocycles. The average Bonchev–Trinajstić information content (AvgIpc) is 2.58. The summed E-state index contributed by atoms with van der Waals surface area (Å²) in [5, 5.41) is 3.73. The zero-order valence-corrected chi connectivity index (χ0v) is 14.2. The van der Waals surface area contributed by atoms with Gasteiger partial charge < -0.3 is 10.1 Å². The number of rotatable bonds is 5. The van der Waals surface area contributed by atoms with E-state index in [0.717, 1.165) is 0 Å². The lowest BCUT2D eigenvalue weighted by molar-refractivity contribution is -0.255. The minimum Gasteiger partial charge on any atom is -0.422 e. The number of benzene rings is 2. The standard InChI is InChI=1S/C16H9ClF6N2O3/c17-9-4-2-1-3-8(9)13(26)25-15(27)24-7-5-10(18)12(11(19)6-7)28-16(22,23)14(20)21/h1-6,14H,(H2,24,25,26,27). The number of carbonyl (C=O) groups excluding carboxylic acids is 2. The number of imide groups is 1.